The van der Waals surface area contributed by atoms with E-state index in [1.807, 2.05) is 0 Å². The van der Waals surface area contributed by atoms with Crippen molar-refractivity contribution < 1.29 is 28.7 Å². The Balaban J connectivity index is 2.80. The number of esters is 2. The van der Waals surface area contributed by atoms with Crippen LogP contribution in [-0.4, -0.2) is 41.4 Å². The van der Waals surface area contributed by atoms with Crippen LogP contribution in [0.1, 0.15) is 31.1 Å². The molecule has 1 unspecified atom stereocenters. The Morgan fingerprint density at radius 2 is 1.83 bits per heavy atom. The SMILES string of the molecule is CCOC(=O)C(CSC(=O)c1ccccc1OC(C)=O)NC(C)=O. The topological polar surface area (TPSA) is 98.8 Å². The fourth-order valence-corrected chi connectivity index (χ4v) is 2.63. The molecule has 0 saturated heterocycles. The number of carbonyl (C=O) groups is 4. The van der Waals surface area contributed by atoms with E-state index in [9.17, 15) is 19.2 Å². The van der Waals surface area contributed by atoms with E-state index in [1.54, 1.807) is 19.1 Å². The number of benzene rings is 1. The highest BCUT2D eigenvalue weighted by molar-refractivity contribution is 8.14. The molecule has 0 heterocycles. The summed E-state index contributed by atoms with van der Waals surface area (Å²) in [5.41, 5.74) is 0.211. The highest BCUT2D eigenvalue weighted by atomic mass is 32.2. The third-order valence-electron chi connectivity index (χ3n) is 2.69. The van der Waals surface area contributed by atoms with Gasteiger partial charge in [0.15, 0.2) is 0 Å². The summed E-state index contributed by atoms with van der Waals surface area (Å²) in [7, 11) is 0. The van der Waals surface area contributed by atoms with Crippen LogP contribution in [0.3, 0.4) is 0 Å². The highest BCUT2D eigenvalue weighted by Crippen LogP contribution is 2.24. The van der Waals surface area contributed by atoms with E-state index < -0.39 is 23.9 Å². The van der Waals surface area contributed by atoms with Gasteiger partial charge in [-0.15, -0.1) is 0 Å². The first kappa shape index (κ1) is 19.7. The summed E-state index contributed by atoms with van der Waals surface area (Å²) in [4.78, 5) is 46.4. The number of carbonyl (C=O) groups excluding carboxylic acids is 4. The fraction of sp³-hybridized carbons (Fsp3) is 0.375. The van der Waals surface area contributed by atoms with Crippen LogP contribution in [0, 0.1) is 0 Å². The summed E-state index contributed by atoms with van der Waals surface area (Å²) in [5.74, 6) is -1.40. The molecule has 0 bridgehead atoms. The van der Waals surface area contributed by atoms with E-state index in [0.29, 0.717) is 0 Å². The number of rotatable bonds is 7. The van der Waals surface area contributed by atoms with Crippen molar-refractivity contribution in [2.45, 2.75) is 26.8 Å². The molecular weight excluding hydrogens is 334 g/mol. The molecule has 130 valence electrons. The number of ether oxygens (including phenoxy) is 2. The molecule has 1 atom stereocenters. The second kappa shape index (κ2) is 9.71. The molecule has 8 heteroatoms. The monoisotopic (exact) mass is 353 g/mol. The van der Waals surface area contributed by atoms with E-state index in [2.05, 4.69) is 5.32 Å². The van der Waals surface area contributed by atoms with Crippen LogP contribution in [0.15, 0.2) is 24.3 Å². The first-order valence-electron chi connectivity index (χ1n) is 7.23. The summed E-state index contributed by atoms with van der Waals surface area (Å²) in [6.45, 7) is 4.33. The first-order valence-corrected chi connectivity index (χ1v) is 8.22. The molecule has 0 aliphatic heterocycles. The quantitative estimate of drug-likeness (QED) is 0.586. The lowest BCUT2D eigenvalue weighted by atomic mass is 10.2. The lowest BCUT2D eigenvalue weighted by molar-refractivity contribution is -0.146. The standard InChI is InChI=1S/C16H19NO6S/c1-4-22-15(20)13(17-10(2)18)9-24-16(21)12-7-5-6-8-14(12)23-11(3)19/h5-8,13H,4,9H2,1-3H3,(H,17,18). The second-order valence-corrected chi connectivity index (χ2v) is 5.69. The predicted molar refractivity (Wildman–Crippen MR) is 88.8 cm³/mol. The molecule has 0 radical (unpaired) electrons. The van der Waals surface area contributed by atoms with E-state index in [-0.39, 0.29) is 28.8 Å². The number of hydrogen-bond acceptors (Lipinski definition) is 7. The minimum absolute atomic E-state index is 0.00561. The molecule has 0 fully saturated rings. The molecule has 0 aromatic heterocycles. The lowest BCUT2D eigenvalue weighted by Gasteiger charge is -2.15. The van der Waals surface area contributed by atoms with E-state index in [1.165, 1.54) is 26.0 Å². The van der Waals surface area contributed by atoms with Gasteiger partial charge in [-0.05, 0) is 19.1 Å². The van der Waals surface area contributed by atoms with Crippen molar-refractivity contribution in [3.63, 3.8) is 0 Å². The van der Waals surface area contributed by atoms with Crippen LogP contribution in [0.4, 0.5) is 0 Å². The minimum Gasteiger partial charge on any atom is -0.464 e. The van der Waals surface area contributed by atoms with Crippen molar-refractivity contribution in [3.8, 4) is 5.75 Å². The molecule has 0 saturated carbocycles. The van der Waals surface area contributed by atoms with Gasteiger partial charge < -0.3 is 14.8 Å². The van der Waals surface area contributed by atoms with Crippen LogP contribution in [-0.2, 0) is 19.1 Å². The third kappa shape index (κ3) is 6.41. The van der Waals surface area contributed by atoms with Gasteiger partial charge in [0.2, 0.25) is 11.0 Å². The maximum Gasteiger partial charge on any atom is 0.329 e. The number of hydrogen-bond donors (Lipinski definition) is 1. The Labute approximate surface area is 144 Å². The maximum atomic E-state index is 12.3. The van der Waals surface area contributed by atoms with E-state index >= 15 is 0 Å². The summed E-state index contributed by atoms with van der Waals surface area (Å²) < 4.78 is 9.86. The van der Waals surface area contributed by atoms with E-state index in [4.69, 9.17) is 9.47 Å². The third-order valence-corrected chi connectivity index (χ3v) is 3.67. The summed E-state index contributed by atoms with van der Waals surface area (Å²) in [6.07, 6.45) is 0. The van der Waals surface area contributed by atoms with Crippen molar-refractivity contribution in [2.75, 3.05) is 12.4 Å². The van der Waals surface area contributed by atoms with E-state index in [0.717, 1.165) is 11.8 Å². The zero-order valence-corrected chi connectivity index (χ0v) is 14.5. The van der Waals surface area contributed by atoms with Gasteiger partial charge in [0, 0.05) is 19.6 Å². The van der Waals surface area contributed by atoms with Crippen molar-refractivity contribution in [2.24, 2.45) is 0 Å². The van der Waals surface area contributed by atoms with Crippen LogP contribution >= 0.6 is 11.8 Å². The summed E-state index contributed by atoms with van der Waals surface area (Å²) in [5, 5.41) is 2.06. The van der Waals surface area contributed by atoms with Crippen LogP contribution < -0.4 is 10.1 Å². The van der Waals surface area contributed by atoms with Crippen molar-refractivity contribution >= 4 is 34.7 Å². The maximum absolute atomic E-state index is 12.3. The summed E-state index contributed by atoms with van der Waals surface area (Å²) in [6, 6.07) is 5.37. The van der Waals surface area contributed by atoms with Gasteiger partial charge in [-0.25, -0.2) is 4.79 Å². The number of thioether (sulfide) groups is 1. The fourth-order valence-electron chi connectivity index (χ4n) is 1.77. The first-order chi connectivity index (χ1) is 11.3. The Morgan fingerprint density at radius 3 is 2.42 bits per heavy atom. The van der Waals surface area contributed by atoms with Crippen LogP contribution in [0.2, 0.25) is 0 Å². The molecule has 0 aliphatic rings. The zero-order chi connectivity index (χ0) is 18.1. The number of nitrogens with one attached hydrogen (secondary N) is 1. The Bertz CT molecular complexity index is 631. The summed E-state index contributed by atoms with van der Waals surface area (Å²) >= 11 is 0.829. The number of para-hydroxylation sites is 1. The van der Waals surface area contributed by atoms with Crippen LogP contribution in [0.25, 0.3) is 0 Å². The van der Waals surface area contributed by atoms with Crippen LogP contribution in [0.5, 0.6) is 5.75 Å². The van der Waals surface area contributed by atoms with Gasteiger partial charge in [-0.3, -0.25) is 14.4 Å². The molecular formula is C16H19NO6S. The molecule has 1 N–H and O–H groups in total. The Hall–Kier alpha value is -2.35. The molecule has 1 aromatic rings. The van der Waals surface area contributed by atoms with Gasteiger partial charge in [0.05, 0.1) is 12.2 Å². The Kier molecular flexibility index (Phi) is 7.97. The second-order valence-electron chi connectivity index (χ2n) is 4.69. The molecule has 1 amide bonds. The average Bonchev–Trinajstić information content (AvgIpc) is 2.51. The van der Waals surface area contributed by atoms with Gasteiger partial charge in [0.1, 0.15) is 11.8 Å². The van der Waals surface area contributed by atoms with Gasteiger partial charge in [-0.2, -0.15) is 0 Å². The zero-order valence-electron chi connectivity index (χ0n) is 13.7. The average molecular weight is 353 g/mol. The van der Waals surface area contributed by atoms with Gasteiger partial charge in [-0.1, -0.05) is 23.9 Å². The largest absolute Gasteiger partial charge is 0.464 e. The van der Waals surface area contributed by atoms with Gasteiger partial charge in [0.25, 0.3) is 0 Å². The molecule has 0 aliphatic carbocycles. The number of amides is 1. The predicted octanol–water partition coefficient (Wildman–Crippen LogP) is 1.55. The highest BCUT2D eigenvalue weighted by Gasteiger charge is 2.23. The normalized spacial score (nSPS) is 11.3. The van der Waals surface area contributed by atoms with Crippen molar-refractivity contribution in [3.05, 3.63) is 29.8 Å². The molecule has 7 nitrogen and oxygen atoms in total. The van der Waals surface area contributed by atoms with Crippen molar-refractivity contribution in [1.82, 2.24) is 5.32 Å². The van der Waals surface area contributed by atoms with Gasteiger partial charge >= 0.3 is 11.9 Å². The minimum atomic E-state index is -0.933. The smallest absolute Gasteiger partial charge is 0.329 e. The molecule has 0 spiro atoms. The lowest BCUT2D eigenvalue weighted by Crippen LogP contribution is -2.42. The molecule has 1 rings (SSSR count). The molecule has 1 aromatic carbocycles. The molecule has 24 heavy (non-hydrogen) atoms. The Morgan fingerprint density at radius 1 is 1.17 bits per heavy atom. The van der Waals surface area contributed by atoms with Crippen molar-refractivity contribution in [1.29, 1.82) is 0 Å².